The van der Waals surface area contributed by atoms with Gasteiger partial charge in [0.25, 0.3) is 0 Å². The zero-order valence-corrected chi connectivity index (χ0v) is 10.5. The molecule has 0 aromatic carbocycles. The maximum Gasteiger partial charge on any atom is 0.0521 e. The Morgan fingerprint density at radius 2 is 0.688 bits per heavy atom. The molecule has 0 bridgehead atoms. The molecule has 0 rings (SSSR count). The molecule has 2 nitrogen and oxygen atoms in total. The van der Waals surface area contributed by atoms with E-state index in [1.54, 1.807) is 0 Å². The van der Waals surface area contributed by atoms with E-state index in [0.717, 1.165) is 25.7 Å². The smallest absolute Gasteiger partial charge is 0.0521 e. The molecule has 2 heteroatoms. The maximum atomic E-state index is 6.78. The number of rotatable bonds is 13. The summed E-state index contributed by atoms with van der Waals surface area (Å²) in [5.41, 5.74) is 0. The fraction of sp³-hybridized carbons (Fsp3) is 0.857. The third-order valence-corrected chi connectivity index (χ3v) is 2.85. The van der Waals surface area contributed by atoms with Crippen molar-refractivity contribution in [3.05, 3.63) is 0 Å². The Kier molecular flexibility index (Phi) is 13.7. The molecule has 92 valence electrons. The van der Waals surface area contributed by atoms with E-state index in [4.69, 9.17) is 10.8 Å². The Labute approximate surface area is 101 Å². The normalized spacial score (nSPS) is 10.2. The minimum Gasteiger partial charge on any atom is -0.303 e. The molecule has 0 aliphatic carbocycles. The maximum absolute atomic E-state index is 6.78. The summed E-state index contributed by atoms with van der Waals surface area (Å²) in [5.74, 6) is 0. The van der Waals surface area contributed by atoms with Crippen molar-refractivity contribution in [2.45, 2.75) is 77.0 Å². The molecular weight excluding hydrogens is 196 g/mol. The lowest BCUT2D eigenvalue weighted by Gasteiger charge is -2.01. The van der Waals surface area contributed by atoms with Gasteiger partial charge in [0, 0.05) is 0 Å². The number of unbranched alkanes of at least 4 members (excludes halogenated alkanes) is 11. The van der Waals surface area contributed by atoms with Crippen molar-refractivity contribution in [3.63, 3.8) is 0 Å². The van der Waals surface area contributed by atoms with Crippen molar-refractivity contribution in [1.82, 2.24) is 0 Å². The minimum atomic E-state index is 0.837. The zero-order chi connectivity index (χ0) is 11.9. The second-order valence-corrected chi connectivity index (χ2v) is 4.39. The standard InChI is InChI=1S/C14H26N2/c15-13-11-9-7-5-3-1-2-4-6-8-10-12-14-16/h15-16H,1-12H2. The van der Waals surface area contributed by atoms with Crippen molar-refractivity contribution in [2.24, 2.45) is 0 Å². The van der Waals surface area contributed by atoms with Crippen LogP contribution in [0.2, 0.25) is 0 Å². The molecule has 0 aliphatic rings. The molecule has 2 radical (unpaired) electrons. The summed E-state index contributed by atoms with van der Waals surface area (Å²) < 4.78 is 0. The number of hydrogen-bond donors (Lipinski definition) is 2. The first-order valence-electron chi connectivity index (χ1n) is 6.71. The SMILES string of the molecule is N=[C]CCCCCCCCCCCC[C]=N. The van der Waals surface area contributed by atoms with Crippen LogP contribution in [-0.4, -0.2) is 12.4 Å². The Morgan fingerprint density at radius 1 is 0.438 bits per heavy atom. The molecule has 2 N–H and O–H groups in total. The van der Waals surface area contributed by atoms with Gasteiger partial charge < -0.3 is 10.8 Å². The van der Waals surface area contributed by atoms with Crippen LogP contribution in [0.5, 0.6) is 0 Å². The highest BCUT2D eigenvalue weighted by Crippen LogP contribution is 2.11. The highest BCUT2D eigenvalue weighted by molar-refractivity contribution is 5.52. The van der Waals surface area contributed by atoms with Gasteiger partial charge in [0.15, 0.2) is 0 Å². The molecule has 0 aromatic rings. The van der Waals surface area contributed by atoms with Crippen LogP contribution < -0.4 is 0 Å². The summed E-state index contributed by atoms with van der Waals surface area (Å²) >= 11 is 0. The molecule has 0 fully saturated rings. The van der Waals surface area contributed by atoms with Crippen LogP contribution in [0.4, 0.5) is 0 Å². The van der Waals surface area contributed by atoms with Crippen LogP contribution >= 0.6 is 0 Å². The Hall–Kier alpha value is -0.660. The Bertz CT molecular complexity index is 137. The highest BCUT2D eigenvalue weighted by Gasteiger charge is 1.92. The molecule has 0 saturated carbocycles. The van der Waals surface area contributed by atoms with Crippen LogP contribution in [0.15, 0.2) is 0 Å². The minimum absolute atomic E-state index is 0.837. The highest BCUT2D eigenvalue weighted by atomic mass is 14.3. The Balaban J connectivity index is 2.87. The van der Waals surface area contributed by atoms with Gasteiger partial charge in [-0.1, -0.05) is 51.4 Å². The number of hydrogen-bond acceptors (Lipinski definition) is 2. The van der Waals surface area contributed by atoms with E-state index in [1.807, 2.05) is 0 Å². The summed E-state index contributed by atoms with van der Waals surface area (Å²) in [6.45, 7) is 0. The third kappa shape index (κ3) is 13.3. The molecule has 0 aliphatic heterocycles. The molecule has 0 amide bonds. The predicted octanol–water partition coefficient (Wildman–Crippen LogP) is 4.72. The molecule has 0 heterocycles. The summed E-state index contributed by atoms with van der Waals surface area (Å²) in [5, 5.41) is 13.6. The second kappa shape index (κ2) is 14.3. The molecule has 0 aromatic heterocycles. The van der Waals surface area contributed by atoms with E-state index >= 15 is 0 Å². The zero-order valence-electron chi connectivity index (χ0n) is 10.5. The van der Waals surface area contributed by atoms with E-state index in [1.165, 1.54) is 51.4 Å². The Morgan fingerprint density at radius 3 is 0.938 bits per heavy atom. The van der Waals surface area contributed by atoms with Gasteiger partial charge in [-0.25, -0.2) is 0 Å². The summed E-state index contributed by atoms with van der Waals surface area (Å²) in [4.78, 5) is 0. The number of nitrogens with one attached hydrogen (secondary N) is 2. The molecular formula is C14H26N2. The fourth-order valence-corrected chi connectivity index (χ4v) is 1.84. The van der Waals surface area contributed by atoms with Crippen molar-refractivity contribution >= 4 is 12.4 Å². The largest absolute Gasteiger partial charge is 0.303 e. The molecule has 16 heavy (non-hydrogen) atoms. The first-order chi connectivity index (χ1) is 7.91. The van der Waals surface area contributed by atoms with Gasteiger partial charge in [-0.3, -0.25) is 0 Å². The summed E-state index contributed by atoms with van der Waals surface area (Å²) in [6.07, 6.45) is 19.4. The van der Waals surface area contributed by atoms with Gasteiger partial charge in [0.05, 0.1) is 12.4 Å². The van der Waals surface area contributed by atoms with Crippen LogP contribution in [-0.2, 0) is 0 Å². The van der Waals surface area contributed by atoms with E-state index in [2.05, 4.69) is 12.4 Å². The van der Waals surface area contributed by atoms with Crippen LogP contribution in [0.3, 0.4) is 0 Å². The van der Waals surface area contributed by atoms with Gasteiger partial charge in [-0.15, -0.1) is 0 Å². The quantitative estimate of drug-likeness (QED) is 0.334. The topological polar surface area (TPSA) is 47.7 Å². The van der Waals surface area contributed by atoms with E-state index < -0.39 is 0 Å². The van der Waals surface area contributed by atoms with Crippen molar-refractivity contribution < 1.29 is 0 Å². The predicted molar refractivity (Wildman–Crippen MR) is 70.9 cm³/mol. The van der Waals surface area contributed by atoms with E-state index in [-0.39, 0.29) is 0 Å². The van der Waals surface area contributed by atoms with Gasteiger partial charge in [0.1, 0.15) is 0 Å². The van der Waals surface area contributed by atoms with Gasteiger partial charge in [-0.2, -0.15) is 0 Å². The van der Waals surface area contributed by atoms with Crippen LogP contribution in [0.1, 0.15) is 77.0 Å². The monoisotopic (exact) mass is 222 g/mol. The van der Waals surface area contributed by atoms with Crippen LogP contribution in [0.25, 0.3) is 0 Å². The molecule has 0 unspecified atom stereocenters. The van der Waals surface area contributed by atoms with Crippen molar-refractivity contribution in [2.75, 3.05) is 0 Å². The fourth-order valence-electron chi connectivity index (χ4n) is 1.84. The average Bonchev–Trinajstić information content (AvgIpc) is 2.31. The molecule has 0 spiro atoms. The van der Waals surface area contributed by atoms with Gasteiger partial charge in [0.2, 0.25) is 0 Å². The van der Waals surface area contributed by atoms with Crippen LogP contribution in [0, 0.1) is 10.8 Å². The lowest BCUT2D eigenvalue weighted by molar-refractivity contribution is 0.557. The van der Waals surface area contributed by atoms with E-state index in [9.17, 15) is 0 Å². The molecule has 0 saturated heterocycles. The van der Waals surface area contributed by atoms with E-state index in [0.29, 0.717) is 0 Å². The van der Waals surface area contributed by atoms with Crippen molar-refractivity contribution in [1.29, 1.82) is 10.8 Å². The first kappa shape index (κ1) is 15.3. The lowest BCUT2D eigenvalue weighted by Crippen LogP contribution is -1.83. The van der Waals surface area contributed by atoms with Gasteiger partial charge in [-0.05, 0) is 25.7 Å². The first-order valence-corrected chi connectivity index (χ1v) is 6.71. The third-order valence-electron chi connectivity index (χ3n) is 2.85. The van der Waals surface area contributed by atoms with Crippen molar-refractivity contribution in [3.8, 4) is 0 Å². The summed E-state index contributed by atoms with van der Waals surface area (Å²) in [7, 11) is 0. The lowest BCUT2D eigenvalue weighted by atomic mass is 10.1. The second-order valence-electron chi connectivity index (χ2n) is 4.39. The summed E-state index contributed by atoms with van der Waals surface area (Å²) in [6, 6.07) is 0. The average molecular weight is 222 g/mol. The van der Waals surface area contributed by atoms with Gasteiger partial charge >= 0.3 is 0 Å². The molecule has 0 atom stereocenters.